The van der Waals surface area contributed by atoms with Crippen LogP contribution >= 0.6 is 0 Å². The van der Waals surface area contributed by atoms with Gasteiger partial charge in [-0.1, -0.05) is 32.6 Å². The molecule has 0 aliphatic heterocycles. The highest BCUT2D eigenvalue weighted by molar-refractivity contribution is 5.60. The number of pyridine rings is 2. The van der Waals surface area contributed by atoms with Crippen molar-refractivity contribution in [3.8, 4) is 63.9 Å². The highest BCUT2D eigenvalue weighted by Gasteiger charge is 2.19. The van der Waals surface area contributed by atoms with Crippen LogP contribution in [0, 0.1) is 23.7 Å². The summed E-state index contributed by atoms with van der Waals surface area (Å²) in [5.74, 6) is 12.6. The van der Waals surface area contributed by atoms with E-state index in [1.165, 1.54) is 24.5 Å². The molecule has 0 amide bonds. The molecule has 0 aliphatic carbocycles. The number of nitrogens with two attached hydrogens (primary N) is 4. The maximum atomic E-state index is 10.9. The van der Waals surface area contributed by atoms with E-state index in [1.54, 1.807) is 24.5 Å². The number of nitrogen functional groups attached to an aromatic ring is 4. The van der Waals surface area contributed by atoms with E-state index in [0.29, 0.717) is 28.5 Å². The van der Waals surface area contributed by atoms with Crippen LogP contribution in [0.1, 0.15) is 66.2 Å². The smallest absolute Gasteiger partial charge is 0.222 e. The summed E-state index contributed by atoms with van der Waals surface area (Å²) in [7, 11) is 3.94. The van der Waals surface area contributed by atoms with Crippen molar-refractivity contribution in [1.82, 2.24) is 29.9 Å². The van der Waals surface area contributed by atoms with Crippen LogP contribution < -0.4 is 42.0 Å². The number of phenols is 2. The fourth-order valence-electron chi connectivity index (χ4n) is 5.42. The van der Waals surface area contributed by atoms with Crippen LogP contribution in [-0.4, -0.2) is 60.8 Å². The van der Waals surface area contributed by atoms with Gasteiger partial charge in [0.15, 0.2) is 23.1 Å². The summed E-state index contributed by atoms with van der Waals surface area (Å²) >= 11 is 0. The standard InChI is InChI=1S/C42H41N11O5/c1-23(2)31-18-47-27(14-35(31)57-37-20-49-41(45)51-39(37)43)10-13-30-33(54)16-29(17-34(30)55)56-22-24(3)32-19-48-26(9-6-25-7-11-28(12-8-25)53(4)5)15-36(32)58-38-21-50-42(46)52-40(38)44/h7-8,11-12,14-21,23-24,54-55H,22H2,1-5H3,(H4,43,45,49,51)(H4,44,46,50,52). The quantitative estimate of drug-likeness (QED) is 0.0932. The molecule has 4 heterocycles. The largest absolute Gasteiger partial charge is 0.506 e. The molecule has 1 unspecified atom stereocenters. The molecule has 0 saturated carbocycles. The van der Waals surface area contributed by atoms with Crippen molar-refractivity contribution in [1.29, 1.82) is 0 Å². The van der Waals surface area contributed by atoms with Gasteiger partial charge in [-0.05, 0) is 42.0 Å². The Morgan fingerprint density at radius 3 is 1.67 bits per heavy atom. The fraction of sp³-hybridized carbons (Fsp3) is 0.190. The Kier molecular flexibility index (Phi) is 11.8. The average molecular weight is 780 g/mol. The van der Waals surface area contributed by atoms with Gasteiger partial charge in [0.1, 0.15) is 45.7 Å². The number of hydrogen-bond acceptors (Lipinski definition) is 16. The van der Waals surface area contributed by atoms with Crippen LogP contribution in [0.3, 0.4) is 0 Å². The highest BCUT2D eigenvalue weighted by atomic mass is 16.5. The molecule has 2 aromatic carbocycles. The van der Waals surface area contributed by atoms with Gasteiger partial charge in [-0.25, -0.2) is 19.9 Å². The summed E-state index contributed by atoms with van der Waals surface area (Å²) in [4.78, 5) is 26.9. The third-order valence-electron chi connectivity index (χ3n) is 8.59. The SMILES string of the molecule is CC(C)c1cnc(C#Cc2c(O)cc(OCC(C)c3cnc(C#Cc4ccc(N(C)C)cc4)cc3Oc3cnc(N)nc3N)cc2O)cc1Oc1cnc(N)nc1N. The van der Waals surface area contributed by atoms with Gasteiger partial charge in [0.25, 0.3) is 0 Å². The van der Waals surface area contributed by atoms with Gasteiger partial charge in [0, 0.05) is 79.1 Å². The van der Waals surface area contributed by atoms with E-state index in [4.69, 9.17) is 37.1 Å². The predicted octanol–water partition coefficient (Wildman–Crippen LogP) is 5.55. The van der Waals surface area contributed by atoms with E-state index < -0.39 is 0 Å². The second-order valence-corrected chi connectivity index (χ2v) is 13.5. The minimum absolute atomic E-state index is 0.00457. The van der Waals surface area contributed by atoms with Crippen molar-refractivity contribution >= 4 is 29.2 Å². The van der Waals surface area contributed by atoms with Gasteiger partial charge in [-0.15, -0.1) is 0 Å². The molecular weight excluding hydrogens is 739 g/mol. The van der Waals surface area contributed by atoms with Gasteiger partial charge in [0.05, 0.1) is 19.0 Å². The van der Waals surface area contributed by atoms with Gasteiger partial charge in [0.2, 0.25) is 11.9 Å². The fourth-order valence-corrected chi connectivity index (χ4v) is 5.42. The first-order valence-corrected chi connectivity index (χ1v) is 17.9. The lowest BCUT2D eigenvalue weighted by atomic mass is 10.0. The zero-order valence-electron chi connectivity index (χ0n) is 32.3. The number of ether oxygens (including phenoxy) is 3. The van der Waals surface area contributed by atoms with E-state index in [9.17, 15) is 10.2 Å². The first-order chi connectivity index (χ1) is 27.7. The second kappa shape index (κ2) is 17.2. The highest BCUT2D eigenvalue weighted by Crippen LogP contribution is 2.36. The average Bonchev–Trinajstić information content (AvgIpc) is 3.18. The number of hydrogen-bond donors (Lipinski definition) is 6. The zero-order chi connectivity index (χ0) is 41.5. The van der Waals surface area contributed by atoms with Crippen LogP contribution in [0.15, 0.2) is 73.3 Å². The summed E-state index contributed by atoms with van der Waals surface area (Å²) in [5, 5.41) is 21.8. The molecule has 1 atom stereocenters. The second-order valence-electron chi connectivity index (χ2n) is 13.5. The molecule has 0 saturated heterocycles. The minimum atomic E-state index is -0.325. The summed E-state index contributed by atoms with van der Waals surface area (Å²) < 4.78 is 18.2. The van der Waals surface area contributed by atoms with Crippen LogP contribution in [0.5, 0.6) is 40.2 Å². The molecule has 4 aromatic heterocycles. The molecule has 6 rings (SSSR count). The first kappa shape index (κ1) is 39.7. The van der Waals surface area contributed by atoms with Gasteiger partial charge in [-0.2, -0.15) is 9.97 Å². The lowest BCUT2D eigenvalue weighted by Crippen LogP contribution is -2.10. The Hall–Kier alpha value is -7.98. The molecule has 294 valence electrons. The lowest BCUT2D eigenvalue weighted by molar-refractivity contribution is 0.289. The van der Waals surface area contributed by atoms with E-state index in [0.717, 1.165) is 16.8 Å². The first-order valence-electron chi connectivity index (χ1n) is 17.9. The third-order valence-corrected chi connectivity index (χ3v) is 8.59. The number of nitrogens with zero attached hydrogens (tertiary/aromatic N) is 7. The predicted molar refractivity (Wildman–Crippen MR) is 221 cm³/mol. The summed E-state index contributed by atoms with van der Waals surface area (Å²) in [6, 6.07) is 13.9. The summed E-state index contributed by atoms with van der Waals surface area (Å²) in [5.41, 5.74) is 27.4. The lowest BCUT2D eigenvalue weighted by Gasteiger charge is -2.18. The van der Waals surface area contributed by atoms with Crippen molar-refractivity contribution in [3.05, 3.63) is 107 Å². The van der Waals surface area contributed by atoms with Crippen molar-refractivity contribution in [2.24, 2.45) is 0 Å². The topological polar surface area (TPSA) is 253 Å². The van der Waals surface area contributed by atoms with E-state index in [2.05, 4.69) is 53.6 Å². The Balaban J connectivity index is 1.20. The minimum Gasteiger partial charge on any atom is -0.506 e. The van der Waals surface area contributed by atoms with Crippen molar-refractivity contribution in [3.63, 3.8) is 0 Å². The number of aromatic nitrogens is 6. The maximum absolute atomic E-state index is 10.9. The van der Waals surface area contributed by atoms with Gasteiger partial charge >= 0.3 is 0 Å². The van der Waals surface area contributed by atoms with Crippen LogP contribution in [0.2, 0.25) is 0 Å². The molecule has 0 bridgehead atoms. The number of aromatic hydroxyl groups is 2. The van der Waals surface area contributed by atoms with Crippen molar-refractivity contribution in [2.75, 3.05) is 48.5 Å². The molecule has 58 heavy (non-hydrogen) atoms. The third kappa shape index (κ3) is 9.63. The van der Waals surface area contributed by atoms with E-state index >= 15 is 0 Å². The summed E-state index contributed by atoms with van der Waals surface area (Å²) in [6.07, 6.45) is 6.03. The van der Waals surface area contributed by atoms with Crippen molar-refractivity contribution in [2.45, 2.75) is 32.6 Å². The molecule has 16 heteroatoms. The van der Waals surface area contributed by atoms with Crippen LogP contribution in [-0.2, 0) is 0 Å². The molecular formula is C42H41N11O5. The van der Waals surface area contributed by atoms with Crippen molar-refractivity contribution < 1.29 is 24.4 Å². The molecule has 0 spiro atoms. The molecule has 0 aliphatic rings. The normalized spacial score (nSPS) is 11.1. The Morgan fingerprint density at radius 1 is 0.638 bits per heavy atom. The molecule has 0 fully saturated rings. The number of phenolic OH excluding ortho intramolecular Hbond substituents is 2. The van der Waals surface area contributed by atoms with Crippen LogP contribution in [0.25, 0.3) is 0 Å². The number of rotatable bonds is 10. The zero-order valence-corrected chi connectivity index (χ0v) is 32.3. The van der Waals surface area contributed by atoms with Gasteiger partial charge in [-0.3, -0.25) is 0 Å². The van der Waals surface area contributed by atoms with Gasteiger partial charge < -0.3 is 52.3 Å². The Morgan fingerprint density at radius 2 is 1.16 bits per heavy atom. The molecule has 10 N–H and O–H groups in total. The monoisotopic (exact) mass is 779 g/mol. The van der Waals surface area contributed by atoms with E-state index in [1.807, 2.05) is 64.0 Å². The maximum Gasteiger partial charge on any atom is 0.222 e. The molecule has 0 radical (unpaired) electrons. The number of anilines is 5. The Bertz CT molecular complexity index is 2570. The van der Waals surface area contributed by atoms with Crippen LogP contribution in [0.4, 0.5) is 29.2 Å². The summed E-state index contributed by atoms with van der Waals surface area (Å²) in [6.45, 7) is 5.95. The molecule has 16 nitrogen and oxygen atoms in total. The number of benzene rings is 2. The Labute approximate surface area is 334 Å². The molecule has 6 aromatic rings. The van der Waals surface area contributed by atoms with E-state index in [-0.39, 0.29) is 76.3 Å².